The highest BCUT2D eigenvalue weighted by Gasteiger charge is 2.63. The van der Waals surface area contributed by atoms with E-state index in [4.69, 9.17) is 0 Å². The molecule has 5 unspecified atom stereocenters. The van der Waals surface area contributed by atoms with E-state index in [0.717, 1.165) is 24.3 Å². The molecular formula is C25H36O. The van der Waals surface area contributed by atoms with Crippen LogP contribution in [0.15, 0.2) is 37.4 Å². The van der Waals surface area contributed by atoms with Crippen molar-refractivity contribution >= 4 is 6.08 Å². The predicted octanol–water partition coefficient (Wildman–Crippen LogP) is 6.34. The molecule has 0 spiro atoms. The van der Waals surface area contributed by atoms with Gasteiger partial charge in [0.25, 0.3) is 0 Å². The van der Waals surface area contributed by atoms with Crippen LogP contribution in [-0.4, -0.2) is 10.7 Å². The van der Waals surface area contributed by atoms with Gasteiger partial charge in [0.1, 0.15) is 0 Å². The van der Waals surface area contributed by atoms with Crippen LogP contribution < -0.4 is 0 Å². The Hall–Kier alpha value is -1.34. The molecule has 26 heavy (non-hydrogen) atoms. The van der Waals surface area contributed by atoms with Gasteiger partial charge in [0.2, 0.25) is 0 Å². The summed E-state index contributed by atoms with van der Waals surface area (Å²) in [5.41, 5.74) is 2.96. The van der Waals surface area contributed by atoms with E-state index >= 15 is 0 Å². The standard InChI is InChI=1S/C25H36O/c1-7-20-12-10-18(4)16-21(20)17-25(26)15-14-24(9-3)19(5)11-13-22(24)23(25,6)8-2/h7-8,10,12,16,19,22,26H,1-2,9,11,13-15,17H2,3-6H3. The third-order valence-corrected chi connectivity index (χ3v) is 8.38. The van der Waals surface area contributed by atoms with Gasteiger partial charge < -0.3 is 5.11 Å². The van der Waals surface area contributed by atoms with E-state index in [0.29, 0.717) is 17.8 Å². The Bertz CT molecular complexity index is 704. The van der Waals surface area contributed by atoms with Crippen LogP contribution in [0.3, 0.4) is 0 Å². The summed E-state index contributed by atoms with van der Waals surface area (Å²) in [7, 11) is 0. The average molecular weight is 353 g/mol. The first-order valence-corrected chi connectivity index (χ1v) is 10.3. The average Bonchev–Trinajstić information content (AvgIpc) is 2.96. The van der Waals surface area contributed by atoms with Crippen molar-refractivity contribution in [1.82, 2.24) is 0 Å². The van der Waals surface area contributed by atoms with Crippen molar-refractivity contribution in [2.45, 2.75) is 71.8 Å². The Morgan fingerprint density at radius 3 is 2.58 bits per heavy atom. The molecule has 1 heteroatoms. The van der Waals surface area contributed by atoms with Crippen molar-refractivity contribution in [1.29, 1.82) is 0 Å². The van der Waals surface area contributed by atoms with E-state index in [-0.39, 0.29) is 5.41 Å². The van der Waals surface area contributed by atoms with Crippen LogP contribution in [-0.2, 0) is 6.42 Å². The number of hydrogen-bond acceptors (Lipinski definition) is 1. The summed E-state index contributed by atoms with van der Waals surface area (Å²) >= 11 is 0. The van der Waals surface area contributed by atoms with Crippen molar-refractivity contribution in [3.8, 4) is 0 Å². The van der Waals surface area contributed by atoms with Crippen molar-refractivity contribution < 1.29 is 5.11 Å². The van der Waals surface area contributed by atoms with E-state index in [1.807, 2.05) is 6.08 Å². The number of hydrogen-bond donors (Lipinski definition) is 1. The molecule has 1 aromatic carbocycles. The fourth-order valence-electron chi connectivity index (χ4n) is 6.47. The number of fused-ring (bicyclic) bond motifs is 1. The molecular weight excluding hydrogens is 316 g/mol. The second-order valence-corrected chi connectivity index (χ2v) is 9.22. The SMILES string of the molecule is C=Cc1ccc(C)cc1CC1(O)CCC2(CC)C(C)CCC2C1(C)C=C. The molecule has 1 nitrogen and oxygen atoms in total. The molecule has 142 valence electrons. The van der Waals surface area contributed by atoms with Crippen molar-refractivity contribution in [2.75, 3.05) is 0 Å². The van der Waals surface area contributed by atoms with Gasteiger partial charge in [-0.15, -0.1) is 6.58 Å². The van der Waals surface area contributed by atoms with Gasteiger partial charge in [-0.25, -0.2) is 0 Å². The number of aryl methyl sites for hydroxylation is 1. The van der Waals surface area contributed by atoms with Crippen LogP contribution in [0.25, 0.3) is 6.08 Å². The van der Waals surface area contributed by atoms with E-state index < -0.39 is 5.60 Å². The Labute approximate surface area is 160 Å². The van der Waals surface area contributed by atoms with Gasteiger partial charge >= 0.3 is 0 Å². The first kappa shape index (κ1) is 19.4. The Balaban J connectivity index is 2.04. The Morgan fingerprint density at radius 1 is 1.23 bits per heavy atom. The minimum atomic E-state index is -0.742. The maximum Gasteiger partial charge on any atom is 0.0778 e. The van der Waals surface area contributed by atoms with Gasteiger partial charge in [-0.2, -0.15) is 0 Å². The summed E-state index contributed by atoms with van der Waals surface area (Å²) in [6.45, 7) is 17.4. The summed E-state index contributed by atoms with van der Waals surface area (Å²) in [4.78, 5) is 0. The third kappa shape index (κ3) is 2.62. The summed E-state index contributed by atoms with van der Waals surface area (Å²) < 4.78 is 0. The molecule has 2 aliphatic carbocycles. The lowest BCUT2D eigenvalue weighted by Crippen LogP contribution is -2.59. The molecule has 2 fully saturated rings. The van der Waals surface area contributed by atoms with Crippen LogP contribution in [0.1, 0.15) is 69.6 Å². The smallest absolute Gasteiger partial charge is 0.0778 e. The normalized spacial score (nSPS) is 39.4. The highest BCUT2D eigenvalue weighted by Crippen LogP contribution is 2.66. The van der Waals surface area contributed by atoms with Gasteiger partial charge in [0.15, 0.2) is 0 Å². The second-order valence-electron chi connectivity index (χ2n) is 9.22. The van der Waals surface area contributed by atoms with Gasteiger partial charge in [-0.3, -0.25) is 0 Å². The maximum atomic E-state index is 12.0. The minimum absolute atomic E-state index is 0.256. The molecule has 0 heterocycles. The number of rotatable bonds is 5. The van der Waals surface area contributed by atoms with Gasteiger partial charge in [-0.05, 0) is 67.4 Å². The van der Waals surface area contributed by atoms with Crippen molar-refractivity contribution in [3.63, 3.8) is 0 Å². The highest BCUT2D eigenvalue weighted by molar-refractivity contribution is 5.53. The highest BCUT2D eigenvalue weighted by atomic mass is 16.3. The molecule has 3 rings (SSSR count). The number of aliphatic hydroxyl groups is 1. The van der Waals surface area contributed by atoms with E-state index in [2.05, 4.69) is 65.1 Å². The molecule has 0 amide bonds. The van der Waals surface area contributed by atoms with Gasteiger partial charge in [-0.1, -0.05) is 63.3 Å². The first-order chi connectivity index (χ1) is 12.3. The maximum absolute atomic E-state index is 12.0. The predicted molar refractivity (Wildman–Crippen MR) is 112 cm³/mol. The molecule has 0 radical (unpaired) electrons. The molecule has 0 aliphatic heterocycles. The molecule has 5 atom stereocenters. The largest absolute Gasteiger partial charge is 0.389 e. The lowest BCUT2D eigenvalue weighted by molar-refractivity contribution is -0.156. The summed E-state index contributed by atoms with van der Waals surface area (Å²) in [5.74, 6) is 1.26. The molecule has 1 aromatic rings. The number of benzene rings is 1. The zero-order chi connectivity index (χ0) is 19.2. The van der Waals surface area contributed by atoms with Crippen molar-refractivity contribution in [2.24, 2.45) is 22.7 Å². The van der Waals surface area contributed by atoms with E-state index in [9.17, 15) is 5.11 Å². The summed E-state index contributed by atoms with van der Waals surface area (Å²) in [5, 5.41) is 12.0. The van der Waals surface area contributed by atoms with Gasteiger partial charge in [0, 0.05) is 11.8 Å². The monoisotopic (exact) mass is 352 g/mol. The zero-order valence-electron chi connectivity index (χ0n) is 17.1. The molecule has 2 saturated carbocycles. The van der Waals surface area contributed by atoms with Crippen LogP contribution in [0, 0.1) is 29.6 Å². The molecule has 0 saturated heterocycles. The van der Waals surface area contributed by atoms with Crippen LogP contribution in [0.4, 0.5) is 0 Å². The van der Waals surface area contributed by atoms with E-state index in [1.165, 1.54) is 30.4 Å². The minimum Gasteiger partial charge on any atom is -0.389 e. The van der Waals surface area contributed by atoms with Crippen LogP contribution >= 0.6 is 0 Å². The van der Waals surface area contributed by atoms with E-state index in [1.54, 1.807) is 0 Å². The molecule has 2 aliphatic rings. The molecule has 0 bridgehead atoms. The van der Waals surface area contributed by atoms with Gasteiger partial charge in [0.05, 0.1) is 5.60 Å². The lowest BCUT2D eigenvalue weighted by atomic mass is 9.47. The topological polar surface area (TPSA) is 20.2 Å². The Kier molecular flexibility index (Phi) is 4.99. The second kappa shape index (κ2) is 6.68. The first-order valence-electron chi connectivity index (χ1n) is 10.3. The Morgan fingerprint density at radius 2 is 1.96 bits per heavy atom. The quantitative estimate of drug-likeness (QED) is 0.613. The fraction of sp³-hybridized carbons (Fsp3) is 0.600. The van der Waals surface area contributed by atoms with Crippen molar-refractivity contribution in [3.05, 3.63) is 54.1 Å². The van der Waals surface area contributed by atoms with Crippen LogP contribution in [0.5, 0.6) is 0 Å². The zero-order valence-corrected chi connectivity index (χ0v) is 17.1. The van der Waals surface area contributed by atoms with Crippen LogP contribution in [0.2, 0.25) is 0 Å². The summed E-state index contributed by atoms with van der Waals surface area (Å²) in [6, 6.07) is 6.47. The lowest BCUT2D eigenvalue weighted by Gasteiger charge is -2.59. The molecule has 1 N–H and O–H groups in total. The fourth-order valence-corrected chi connectivity index (χ4v) is 6.47. The third-order valence-electron chi connectivity index (χ3n) is 8.38. The molecule has 0 aromatic heterocycles. The summed E-state index contributed by atoms with van der Waals surface area (Å²) in [6.07, 6.45) is 10.4.